The molecule has 1 saturated heterocycles. The Bertz CT molecular complexity index is 499. The molecular weight excluding hydrogens is 244 g/mol. The van der Waals surface area contributed by atoms with Crippen molar-refractivity contribution < 1.29 is 14.7 Å². The van der Waals surface area contributed by atoms with Gasteiger partial charge in [0.25, 0.3) is 0 Å². The maximum Gasteiger partial charge on any atom is 0.354 e. The topological polar surface area (TPSA) is 70.5 Å². The summed E-state index contributed by atoms with van der Waals surface area (Å²) >= 11 is 0. The van der Waals surface area contributed by atoms with Crippen molar-refractivity contribution in [3.63, 3.8) is 0 Å². The number of carbonyl (C=O) groups is 2. The summed E-state index contributed by atoms with van der Waals surface area (Å²) in [7, 11) is 0. The monoisotopic (exact) mass is 262 g/mol. The van der Waals surface area contributed by atoms with E-state index in [0.717, 1.165) is 6.54 Å². The Labute approximate surface area is 112 Å². The van der Waals surface area contributed by atoms with Crippen LogP contribution in [0.1, 0.15) is 36.5 Å². The molecule has 1 atom stereocenters. The second kappa shape index (κ2) is 5.38. The zero-order valence-electron chi connectivity index (χ0n) is 11.2. The Balaban J connectivity index is 2.07. The zero-order valence-corrected chi connectivity index (χ0v) is 11.2. The molecule has 1 aliphatic heterocycles. The first-order chi connectivity index (χ1) is 8.97. The lowest BCUT2D eigenvalue weighted by Crippen LogP contribution is -2.26. The van der Waals surface area contributed by atoms with E-state index in [9.17, 15) is 9.59 Å². The van der Waals surface area contributed by atoms with Crippen LogP contribution in [0.25, 0.3) is 0 Å². The molecule has 0 radical (unpaired) electrons. The summed E-state index contributed by atoms with van der Waals surface area (Å²) in [6, 6.07) is 4.86. The van der Waals surface area contributed by atoms with E-state index in [0.29, 0.717) is 30.5 Å². The fourth-order valence-electron chi connectivity index (χ4n) is 2.28. The summed E-state index contributed by atoms with van der Waals surface area (Å²) in [5.41, 5.74) is 0.641. The first-order valence-corrected chi connectivity index (χ1v) is 6.44. The van der Waals surface area contributed by atoms with Crippen LogP contribution in [0.2, 0.25) is 0 Å². The number of rotatable bonds is 4. The molecule has 0 bridgehead atoms. The molecule has 2 heterocycles. The maximum absolute atomic E-state index is 11.9. The average Bonchev–Trinajstić information content (AvgIpc) is 2.71. The van der Waals surface area contributed by atoms with E-state index in [4.69, 9.17) is 5.11 Å². The number of likely N-dealkylation sites (tertiary alicyclic amines) is 1. The van der Waals surface area contributed by atoms with Gasteiger partial charge in [0.1, 0.15) is 5.69 Å². The third-order valence-corrected chi connectivity index (χ3v) is 3.57. The number of pyridine rings is 1. The van der Waals surface area contributed by atoms with Gasteiger partial charge < -0.3 is 10.0 Å². The van der Waals surface area contributed by atoms with Crippen molar-refractivity contribution in [1.29, 1.82) is 0 Å². The van der Waals surface area contributed by atoms with Crippen molar-refractivity contribution in [3.8, 4) is 0 Å². The Morgan fingerprint density at radius 3 is 2.84 bits per heavy atom. The van der Waals surface area contributed by atoms with Crippen LogP contribution in [0.3, 0.4) is 0 Å². The number of amides is 1. The van der Waals surface area contributed by atoms with Crippen molar-refractivity contribution in [1.82, 2.24) is 9.88 Å². The molecule has 1 amide bonds. The van der Waals surface area contributed by atoms with Crippen LogP contribution in [-0.2, 0) is 11.3 Å². The van der Waals surface area contributed by atoms with Gasteiger partial charge in [-0.3, -0.25) is 4.79 Å². The second-order valence-electron chi connectivity index (χ2n) is 5.30. The first kappa shape index (κ1) is 13.5. The Morgan fingerprint density at radius 2 is 2.26 bits per heavy atom. The van der Waals surface area contributed by atoms with E-state index in [-0.39, 0.29) is 11.6 Å². The van der Waals surface area contributed by atoms with Gasteiger partial charge >= 0.3 is 5.97 Å². The third-order valence-electron chi connectivity index (χ3n) is 3.57. The van der Waals surface area contributed by atoms with Crippen LogP contribution >= 0.6 is 0 Å². The van der Waals surface area contributed by atoms with Crippen LogP contribution in [-0.4, -0.2) is 33.4 Å². The summed E-state index contributed by atoms with van der Waals surface area (Å²) in [6.45, 7) is 5.36. The molecule has 102 valence electrons. The number of carboxylic acid groups (broad SMARTS) is 1. The minimum Gasteiger partial charge on any atom is -0.477 e. The van der Waals surface area contributed by atoms with Crippen LogP contribution in [0.5, 0.6) is 0 Å². The van der Waals surface area contributed by atoms with Gasteiger partial charge in [-0.2, -0.15) is 0 Å². The van der Waals surface area contributed by atoms with Crippen LogP contribution < -0.4 is 0 Å². The Hall–Kier alpha value is -1.91. The lowest BCUT2D eigenvalue weighted by molar-refractivity contribution is -0.128. The standard InChI is InChI=1S/C14H18N2O3/c1-9(2)10-6-13(17)16(7-10)8-11-4-3-5-12(15-11)14(18)19/h3-5,9-10H,6-8H2,1-2H3,(H,18,19). The van der Waals surface area contributed by atoms with E-state index in [2.05, 4.69) is 18.8 Å². The van der Waals surface area contributed by atoms with Crippen molar-refractivity contribution in [3.05, 3.63) is 29.6 Å². The molecule has 0 saturated carbocycles. The van der Waals surface area contributed by atoms with Crippen LogP contribution in [0.4, 0.5) is 0 Å². The van der Waals surface area contributed by atoms with Gasteiger partial charge in [-0.05, 0) is 24.0 Å². The Kier molecular flexibility index (Phi) is 3.83. The largest absolute Gasteiger partial charge is 0.477 e. The lowest BCUT2D eigenvalue weighted by Gasteiger charge is -2.17. The number of carbonyl (C=O) groups excluding carboxylic acids is 1. The normalized spacial score (nSPS) is 19.2. The van der Waals surface area contributed by atoms with Gasteiger partial charge in [0, 0.05) is 13.0 Å². The fourth-order valence-corrected chi connectivity index (χ4v) is 2.28. The van der Waals surface area contributed by atoms with E-state index >= 15 is 0 Å². The Morgan fingerprint density at radius 1 is 1.53 bits per heavy atom. The minimum atomic E-state index is -1.05. The molecule has 5 nitrogen and oxygen atoms in total. The van der Waals surface area contributed by atoms with Gasteiger partial charge in [-0.25, -0.2) is 9.78 Å². The van der Waals surface area contributed by atoms with E-state index < -0.39 is 5.97 Å². The zero-order chi connectivity index (χ0) is 14.0. The average molecular weight is 262 g/mol. The highest BCUT2D eigenvalue weighted by molar-refractivity contribution is 5.85. The van der Waals surface area contributed by atoms with Crippen LogP contribution in [0, 0.1) is 11.8 Å². The molecule has 19 heavy (non-hydrogen) atoms. The molecule has 0 spiro atoms. The van der Waals surface area contributed by atoms with Gasteiger partial charge in [0.2, 0.25) is 5.91 Å². The highest BCUT2D eigenvalue weighted by Crippen LogP contribution is 2.25. The predicted octanol–water partition coefficient (Wildman–Crippen LogP) is 1.78. The second-order valence-corrected chi connectivity index (χ2v) is 5.30. The quantitative estimate of drug-likeness (QED) is 0.898. The smallest absolute Gasteiger partial charge is 0.354 e. The molecule has 1 unspecified atom stereocenters. The molecule has 1 N–H and O–H groups in total. The minimum absolute atomic E-state index is 0.0181. The van der Waals surface area contributed by atoms with Crippen molar-refractivity contribution in [2.24, 2.45) is 11.8 Å². The van der Waals surface area contributed by atoms with Crippen molar-refractivity contribution in [2.45, 2.75) is 26.8 Å². The first-order valence-electron chi connectivity index (χ1n) is 6.44. The third kappa shape index (κ3) is 3.10. The molecule has 1 aromatic rings. The fraction of sp³-hybridized carbons (Fsp3) is 0.500. The number of hydrogen-bond acceptors (Lipinski definition) is 3. The summed E-state index contributed by atoms with van der Waals surface area (Å²) in [5, 5.41) is 8.89. The van der Waals surface area contributed by atoms with Gasteiger partial charge in [-0.15, -0.1) is 0 Å². The molecular formula is C14H18N2O3. The predicted molar refractivity (Wildman–Crippen MR) is 69.6 cm³/mol. The molecule has 1 aliphatic rings. The highest BCUT2D eigenvalue weighted by atomic mass is 16.4. The van der Waals surface area contributed by atoms with Gasteiger partial charge in [0.05, 0.1) is 12.2 Å². The lowest BCUT2D eigenvalue weighted by atomic mass is 9.95. The number of aromatic nitrogens is 1. The summed E-state index contributed by atoms with van der Waals surface area (Å²) < 4.78 is 0. The molecule has 2 rings (SSSR count). The summed E-state index contributed by atoms with van der Waals surface area (Å²) in [4.78, 5) is 28.6. The van der Waals surface area contributed by atoms with Gasteiger partial charge in [-0.1, -0.05) is 19.9 Å². The number of aromatic carboxylic acids is 1. The molecule has 0 aromatic carbocycles. The summed E-state index contributed by atoms with van der Waals surface area (Å²) in [6.07, 6.45) is 0.580. The number of hydrogen-bond donors (Lipinski definition) is 1. The maximum atomic E-state index is 11.9. The SMILES string of the molecule is CC(C)C1CC(=O)N(Cc2cccc(C(=O)O)n2)C1. The highest BCUT2D eigenvalue weighted by Gasteiger charge is 2.31. The number of carboxylic acids is 1. The van der Waals surface area contributed by atoms with Crippen LogP contribution in [0.15, 0.2) is 18.2 Å². The van der Waals surface area contributed by atoms with Gasteiger partial charge in [0.15, 0.2) is 0 Å². The van der Waals surface area contributed by atoms with Crippen molar-refractivity contribution >= 4 is 11.9 Å². The molecule has 5 heteroatoms. The number of nitrogens with zero attached hydrogens (tertiary/aromatic N) is 2. The summed E-state index contributed by atoms with van der Waals surface area (Å²) in [5.74, 6) is -0.0571. The molecule has 1 fully saturated rings. The molecule has 1 aromatic heterocycles. The van der Waals surface area contributed by atoms with Crippen molar-refractivity contribution in [2.75, 3.05) is 6.54 Å². The van der Waals surface area contributed by atoms with E-state index in [1.807, 2.05) is 0 Å². The van der Waals surface area contributed by atoms with E-state index in [1.165, 1.54) is 6.07 Å². The van der Waals surface area contributed by atoms with E-state index in [1.54, 1.807) is 17.0 Å². The molecule has 0 aliphatic carbocycles.